The van der Waals surface area contributed by atoms with Crippen molar-refractivity contribution in [2.24, 2.45) is 23.7 Å². The Bertz CT molecular complexity index is 2320. The molecular formula is C44H60N12O12. The molecular weight excluding hydrogens is 889 g/mol. The molecule has 0 saturated carbocycles. The van der Waals surface area contributed by atoms with Crippen LogP contribution in [0.15, 0.2) is 0 Å². The standard InChI is InChI=1S/C44H60N12O12/c1-17(2)29-37-45-34(21(9)53(37)13-25(57)58)42(66)50-31(19(5)6)39-47-36(23(11)55(39)15-27(61)62)44(68)52-32(20(7)8)40-48-35(24(12)56(40)16-28(63)64)43(67)51-30(18(3)4)38-46-33(41(65)49-29)22(10)54(38)14-26(59)60/h17-20,29-32H,13-16H2,1-12H3,(H,49,65)(H,50,66)(H,51,67)(H,52,68)(H,57,58)(H,59,60)(H,61,62)(H,63,64)/t29-,30-,31-,32-/m0/s1. The fraction of sp³-hybridized carbons (Fsp3) is 0.545. The molecule has 4 aromatic rings. The number of nitrogens with zero attached hydrogens (tertiary/aromatic N) is 8. The lowest BCUT2D eigenvalue weighted by Crippen LogP contribution is -2.36. The number of imidazole rings is 4. The van der Waals surface area contributed by atoms with E-state index in [-0.39, 0.29) is 68.8 Å². The first kappa shape index (κ1) is 51.6. The van der Waals surface area contributed by atoms with E-state index in [0.29, 0.717) is 0 Å². The van der Waals surface area contributed by atoms with Crippen LogP contribution in [0, 0.1) is 51.4 Å². The van der Waals surface area contributed by atoms with Crippen molar-refractivity contribution >= 4 is 47.5 Å². The van der Waals surface area contributed by atoms with Crippen molar-refractivity contribution in [1.82, 2.24) is 59.5 Å². The number of nitrogens with one attached hydrogen (secondary N) is 4. The molecule has 1 aliphatic heterocycles. The third-order valence-electron chi connectivity index (χ3n) is 12.0. The van der Waals surface area contributed by atoms with Crippen LogP contribution in [0.3, 0.4) is 0 Å². The van der Waals surface area contributed by atoms with Gasteiger partial charge in [-0.2, -0.15) is 0 Å². The molecule has 5 heterocycles. The van der Waals surface area contributed by atoms with Crippen LogP contribution in [0.5, 0.6) is 0 Å². The van der Waals surface area contributed by atoms with Gasteiger partial charge in [-0.05, 0) is 51.4 Å². The van der Waals surface area contributed by atoms with Gasteiger partial charge in [-0.3, -0.25) is 38.4 Å². The second-order valence-electron chi connectivity index (χ2n) is 18.3. The van der Waals surface area contributed by atoms with Gasteiger partial charge in [-0.25, -0.2) is 19.9 Å². The molecule has 0 unspecified atom stereocenters. The van der Waals surface area contributed by atoms with Gasteiger partial charge < -0.3 is 60.0 Å². The van der Waals surface area contributed by atoms with E-state index in [0.717, 1.165) is 0 Å². The average molecular weight is 949 g/mol. The summed E-state index contributed by atoms with van der Waals surface area (Å²) in [4.78, 5) is 126. The van der Waals surface area contributed by atoms with Crippen molar-refractivity contribution in [3.63, 3.8) is 0 Å². The topological polar surface area (TPSA) is 337 Å². The minimum absolute atomic E-state index is 0.0110. The number of amides is 4. The van der Waals surface area contributed by atoms with Crippen LogP contribution in [0.4, 0.5) is 0 Å². The maximum atomic E-state index is 14.4. The van der Waals surface area contributed by atoms with Gasteiger partial charge in [-0.15, -0.1) is 0 Å². The molecule has 0 fully saturated rings. The molecule has 4 atom stereocenters. The van der Waals surface area contributed by atoms with Crippen molar-refractivity contribution in [2.75, 3.05) is 0 Å². The van der Waals surface area contributed by atoms with E-state index in [1.54, 1.807) is 55.4 Å². The Morgan fingerprint density at radius 3 is 0.691 bits per heavy atom. The second kappa shape index (κ2) is 20.2. The van der Waals surface area contributed by atoms with E-state index < -0.39 is 122 Å². The Labute approximate surface area is 390 Å². The van der Waals surface area contributed by atoms with Gasteiger partial charge in [0, 0.05) is 22.8 Å². The predicted molar refractivity (Wildman–Crippen MR) is 239 cm³/mol. The van der Waals surface area contributed by atoms with Gasteiger partial charge in [-0.1, -0.05) is 55.4 Å². The largest absolute Gasteiger partial charge is 0.480 e. The molecule has 68 heavy (non-hydrogen) atoms. The number of carboxylic acids is 4. The third kappa shape index (κ3) is 10.4. The Morgan fingerprint density at radius 2 is 0.559 bits per heavy atom. The van der Waals surface area contributed by atoms with Crippen molar-refractivity contribution in [2.45, 2.75) is 133 Å². The molecule has 0 aromatic carbocycles. The van der Waals surface area contributed by atoms with Gasteiger partial charge in [0.25, 0.3) is 23.6 Å². The second-order valence-corrected chi connectivity index (χ2v) is 18.3. The summed E-state index contributed by atoms with van der Waals surface area (Å²) in [6, 6.07) is -4.31. The molecule has 4 amide bonds. The molecule has 0 spiro atoms. The molecule has 0 saturated heterocycles. The zero-order valence-corrected chi connectivity index (χ0v) is 40.1. The zero-order chi connectivity index (χ0) is 51.0. The lowest BCUT2D eigenvalue weighted by molar-refractivity contribution is -0.138. The minimum atomic E-state index is -1.29. The van der Waals surface area contributed by atoms with E-state index in [1.807, 2.05) is 0 Å². The molecule has 24 heteroatoms. The van der Waals surface area contributed by atoms with Gasteiger partial charge in [0.1, 0.15) is 72.3 Å². The van der Waals surface area contributed by atoms with Crippen LogP contribution < -0.4 is 21.3 Å². The number of aliphatic carboxylic acids is 4. The van der Waals surface area contributed by atoms with Gasteiger partial charge in [0.2, 0.25) is 0 Å². The summed E-state index contributed by atoms with van der Waals surface area (Å²) in [5.74, 6) is -10.5. The Morgan fingerprint density at radius 1 is 0.397 bits per heavy atom. The van der Waals surface area contributed by atoms with Crippen molar-refractivity contribution in [3.8, 4) is 0 Å². The number of hydrogen-bond acceptors (Lipinski definition) is 12. The monoisotopic (exact) mass is 948 g/mol. The summed E-state index contributed by atoms with van der Waals surface area (Å²) in [6.07, 6.45) is 0. The van der Waals surface area contributed by atoms with Gasteiger partial charge in [0.15, 0.2) is 0 Å². The van der Waals surface area contributed by atoms with Crippen molar-refractivity contribution < 1.29 is 58.8 Å². The molecule has 0 aliphatic carbocycles. The predicted octanol–water partition coefficient (Wildman–Crippen LogP) is 2.87. The van der Waals surface area contributed by atoms with Crippen LogP contribution >= 0.6 is 0 Å². The Hall–Kier alpha value is -7.40. The number of carbonyl (C=O) groups is 8. The number of carbonyl (C=O) groups excluding carboxylic acids is 4. The van der Waals surface area contributed by atoms with Crippen LogP contribution in [0.1, 0.15) is 168 Å². The molecule has 368 valence electrons. The van der Waals surface area contributed by atoms with E-state index in [2.05, 4.69) is 41.2 Å². The highest BCUT2D eigenvalue weighted by Crippen LogP contribution is 2.31. The Kier molecular flexibility index (Phi) is 15.3. The Balaban J connectivity index is 1.83. The highest BCUT2D eigenvalue weighted by molar-refractivity contribution is 5.97. The first-order valence-electron chi connectivity index (χ1n) is 22.0. The van der Waals surface area contributed by atoms with E-state index in [9.17, 15) is 58.8 Å². The summed E-state index contributed by atoms with van der Waals surface area (Å²) in [5, 5.41) is 51.6. The molecule has 4 aromatic heterocycles. The molecule has 24 nitrogen and oxygen atoms in total. The summed E-state index contributed by atoms with van der Waals surface area (Å²) in [5.41, 5.74) is -0.462. The minimum Gasteiger partial charge on any atom is -0.480 e. The zero-order valence-electron chi connectivity index (χ0n) is 40.1. The van der Waals surface area contributed by atoms with Crippen molar-refractivity contribution in [3.05, 3.63) is 68.8 Å². The first-order chi connectivity index (χ1) is 31.7. The van der Waals surface area contributed by atoms with E-state index in [1.165, 1.54) is 46.0 Å². The quantitative estimate of drug-likeness (QED) is 0.101. The van der Waals surface area contributed by atoms with Gasteiger partial charge >= 0.3 is 23.9 Å². The van der Waals surface area contributed by atoms with Crippen LogP contribution in [-0.4, -0.2) is 106 Å². The molecule has 8 bridgehead atoms. The van der Waals surface area contributed by atoms with Gasteiger partial charge in [0.05, 0.1) is 24.2 Å². The molecule has 8 N–H and O–H groups in total. The number of hydrogen-bond donors (Lipinski definition) is 8. The maximum Gasteiger partial charge on any atom is 0.323 e. The molecule has 1 aliphatic rings. The van der Waals surface area contributed by atoms with Crippen molar-refractivity contribution in [1.29, 1.82) is 0 Å². The summed E-state index contributed by atoms with van der Waals surface area (Å²) < 4.78 is 5.09. The molecule has 5 rings (SSSR count). The normalized spacial score (nSPS) is 18.4. The average Bonchev–Trinajstić information content (AvgIpc) is 3.93. The summed E-state index contributed by atoms with van der Waals surface area (Å²) in [6.45, 7) is 17.0. The summed E-state index contributed by atoms with van der Waals surface area (Å²) in [7, 11) is 0. The number of fused-ring (bicyclic) bond motifs is 8. The highest BCUT2D eigenvalue weighted by Gasteiger charge is 2.37. The fourth-order valence-corrected chi connectivity index (χ4v) is 8.33. The number of rotatable bonds is 12. The van der Waals surface area contributed by atoms with E-state index in [4.69, 9.17) is 0 Å². The SMILES string of the molecule is Cc1c2nc(n1CC(=O)O)[C@H](C(C)C)NC(=O)c1nc(n(CC(=O)O)c1C)[C@H](C(C)C)NC(=O)c1nc(n(CC(=O)O)c1C)[C@H](C(C)C)NC(=O)c1nc(n(CC(=O)O)c1C)[C@H](C(C)C)NC2=O. The van der Waals surface area contributed by atoms with E-state index >= 15 is 0 Å². The lowest BCUT2D eigenvalue weighted by Gasteiger charge is -2.23. The fourth-order valence-electron chi connectivity index (χ4n) is 8.33. The maximum absolute atomic E-state index is 14.4. The highest BCUT2D eigenvalue weighted by atomic mass is 16.4. The molecule has 0 radical (unpaired) electrons. The third-order valence-corrected chi connectivity index (χ3v) is 12.0. The lowest BCUT2D eigenvalue weighted by atomic mass is 10.0. The van der Waals surface area contributed by atoms with Crippen LogP contribution in [0.2, 0.25) is 0 Å². The number of aromatic nitrogens is 8. The summed E-state index contributed by atoms with van der Waals surface area (Å²) >= 11 is 0. The number of carboxylic acid groups (broad SMARTS) is 4. The van der Waals surface area contributed by atoms with Crippen LogP contribution in [-0.2, 0) is 45.4 Å². The van der Waals surface area contributed by atoms with Crippen LogP contribution in [0.25, 0.3) is 0 Å². The smallest absolute Gasteiger partial charge is 0.323 e. The first-order valence-corrected chi connectivity index (χ1v) is 22.0.